The van der Waals surface area contributed by atoms with Crippen molar-refractivity contribution < 1.29 is 18.7 Å². The van der Waals surface area contributed by atoms with Gasteiger partial charge in [-0.05, 0) is 31.2 Å². The molecule has 0 aliphatic heterocycles. The van der Waals surface area contributed by atoms with Gasteiger partial charge in [-0.25, -0.2) is 4.79 Å². The maximum atomic E-state index is 11.6. The van der Waals surface area contributed by atoms with Gasteiger partial charge in [0.25, 0.3) is 0 Å². The summed E-state index contributed by atoms with van der Waals surface area (Å²) in [5.74, 6) is 0.338. The first-order valence-electron chi connectivity index (χ1n) is 5.73. The van der Waals surface area contributed by atoms with E-state index in [9.17, 15) is 4.79 Å². The number of nitrogens with two attached hydrogens (primary N) is 1. The Bertz CT molecular complexity index is 575. The summed E-state index contributed by atoms with van der Waals surface area (Å²) in [5.41, 5.74) is 6.30. The Morgan fingerprint density at radius 1 is 1.37 bits per heavy atom. The van der Waals surface area contributed by atoms with Gasteiger partial charge in [0.05, 0.1) is 13.7 Å². The molecule has 0 fully saturated rings. The first-order chi connectivity index (χ1) is 9.15. The number of oxazole rings is 1. The van der Waals surface area contributed by atoms with Crippen LogP contribution in [0.25, 0.3) is 11.5 Å². The number of nitrogens with zero attached hydrogens (tertiary/aromatic N) is 1. The predicted molar refractivity (Wildman–Crippen MR) is 68.9 cm³/mol. The zero-order valence-electron chi connectivity index (χ0n) is 10.7. The lowest BCUT2D eigenvalue weighted by Crippen LogP contribution is -2.07. The lowest BCUT2D eigenvalue weighted by Gasteiger charge is -1.99. The van der Waals surface area contributed by atoms with Crippen LogP contribution in [0.4, 0.5) is 5.88 Å². The van der Waals surface area contributed by atoms with Crippen LogP contribution >= 0.6 is 0 Å². The Balaban J connectivity index is 2.30. The van der Waals surface area contributed by atoms with E-state index in [1.807, 2.05) is 0 Å². The highest BCUT2D eigenvalue weighted by Gasteiger charge is 2.19. The van der Waals surface area contributed by atoms with Gasteiger partial charge in [0.1, 0.15) is 5.75 Å². The fraction of sp³-hybridized carbons (Fsp3) is 0.231. The standard InChI is InChI=1S/C13H14N2O4/c1-3-18-13(16)10-11(14)19-12(15-10)8-4-6-9(17-2)7-5-8/h4-7H,3,14H2,1-2H3. The molecule has 0 bridgehead atoms. The van der Waals surface area contributed by atoms with E-state index in [-0.39, 0.29) is 24.1 Å². The first-order valence-corrected chi connectivity index (χ1v) is 5.73. The zero-order chi connectivity index (χ0) is 13.8. The highest BCUT2D eigenvalue weighted by Crippen LogP contribution is 2.25. The molecule has 0 spiro atoms. The van der Waals surface area contributed by atoms with Gasteiger partial charge in [0.15, 0.2) is 0 Å². The van der Waals surface area contributed by atoms with E-state index >= 15 is 0 Å². The Hall–Kier alpha value is -2.50. The summed E-state index contributed by atoms with van der Waals surface area (Å²) in [6.45, 7) is 1.96. The van der Waals surface area contributed by atoms with Crippen LogP contribution in [0.1, 0.15) is 17.4 Å². The maximum Gasteiger partial charge on any atom is 0.362 e. The quantitative estimate of drug-likeness (QED) is 0.849. The van der Waals surface area contributed by atoms with Crippen molar-refractivity contribution in [2.24, 2.45) is 0 Å². The van der Waals surface area contributed by atoms with Crippen LogP contribution in [-0.2, 0) is 4.74 Å². The average molecular weight is 262 g/mol. The largest absolute Gasteiger partial charge is 0.497 e. The molecule has 0 amide bonds. The summed E-state index contributed by atoms with van der Waals surface area (Å²) in [4.78, 5) is 15.6. The van der Waals surface area contributed by atoms with Gasteiger partial charge in [0, 0.05) is 5.56 Å². The molecule has 0 unspecified atom stereocenters. The van der Waals surface area contributed by atoms with Crippen molar-refractivity contribution in [1.82, 2.24) is 4.98 Å². The highest BCUT2D eigenvalue weighted by atomic mass is 16.5. The second-order valence-corrected chi connectivity index (χ2v) is 3.68. The van der Waals surface area contributed by atoms with Crippen LogP contribution in [0.15, 0.2) is 28.7 Å². The number of carbonyl (C=O) groups is 1. The number of nitrogen functional groups attached to an aromatic ring is 1. The fourth-order valence-corrected chi connectivity index (χ4v) is 1.53. The van der Waals surface area contributed by atoms with Crippen LogP contribution in [0, 0.1) is 0 Å². The van der Waals surface area contributed by atoms with Gasteiger partial charge in [-0.3, -0.25) is 0 Å². The molecule has 2 rings (SSSR count). The molecule has 0 aliphatic rings. The Morgan fingerprint density at radius 3 is 2.63 bits per heavy atom. The van der Waals surface area contributed by atoms with Gasteiger partial charge in [0.2, 0.25) is 17.5 Å². The number of hydrogen-bond donors (Lipinski definition) is 1. The number of hydrogen-bond acceptors (Lipinski definition) is 6. The fourth-order valence-electron chi connectivity index (χ4n) is 1.53. The average Bonchev–Trinajstić information content (AvgIpc) is 2.81. The van der Waals surface area contributed by atoms with Crippen LogP contribution in [0.5, 0.6) is 5.75 Å². The minimum Gasteiger partial charge on any atom is -0.497 e. The Labute approximate surface area is 110 Å². The number of anilines is 1. The smallest absolute Gasteiger partial charge is 0.362 e. The summed E-state index contributed by atoms with van der Waals surface area (Å²) >= 11 is 0. The number of carbonyl (C=O) groups excluding carboxylic acids is 1. The van der Waals surface area contributed by atoms with Crippen molar-refractivity contribution in [1.29, 1.82) is 0 Å². The molecule has 0 saturated carbocycles. The van der Waals surface area contributed by atoms with Gasteiger partial charge in [-0.15, -0.1) is 0 Å². The Morgan fingerprint density at radius 2 is 2.05 bits per heavy atom. The summed E-state index contributed by atoms with van der Waals surface area (Å²) in [6.07, 6.45) is 0. The van der Waals surface area contributed by atoms with Crippen LogP contribution in [0.2, 0.25) is 0 Å². The second-order valence-electron chi connectivity index (χ2n) is 3.68. The topological polar surface area (TPSA) is 87.6 Å². The molecule has 1 heterocycles. The van der Waals surface area contributed by atoms with Gasteiger partial charge in [-0.2, -0.15) is 4.98 Å². The van der Waals surface area contributed by atoms with Gasteiger partial charge in [-0.1, -0.05) is 0 Å². The van der Waals surface area contributed by atoms with Crippen LogP contribution < -0.4 is 10.5 Å². The third-order valence-electron chi connectivity index (χ3n) is 2.46. The van der Waals surface area contributed by atoms with Gasteiger partial charge < -0.3 is 19.6 Å². The highest BCUT2D eigenvalue weighted by molar-refractivity contribution is 5.92. The summed E-state index contributed by atoms with van der Waals surface area (Å²) < 4.78 is 15.2. The SMILES string of the molecule is CCOC(=O)c1nc(-c2ccc(OC)cc2)oc1N. The van der Waals surface area contributed by atoms with Gasteiger partial charge >= 0.3 is 5.97 Å². The van der Waals surface area contributed by atoms with E-state index < -0.39 is 5.97 Å². The van der Waals surface area contributed by atoms with E-state index in [1.165, 1.54) is 0 Å². The number of rotatable bonds is 4. The molecule has 100 valence electrons. The lowest BCUT2D eigenvalue weighted by molar-refractivity contribution is 0.0521. The molecular formula is C13H14N2O4. The number of aromatic nitrogens is 1. The van der Waals surface area contributed by atoms with E-state index in [2.05, 4.69) is 4.98 Å². The van der Waals surface area contributed by atoms with Crippen molar-refractivity contribution in [3.63, 3.8) is 0 Å². The molecule has 19 heavy (non-hydrogen) atoms. The first kappa shape index (κ1) is 12.9. The molecule has 6 heteroatoms. The molecule has 2 aromatic rings. The summed E-state index contributed by atoms with van der Waals surface area (Å²) in [7, 11) is 1.58. The van der Waals surface area contributed by atoms with Crippen molar-refractivity contribution >= 4 is 11.9 Å². The third kappa shape index (κ3) is 2.67. The molecule has 6 nitrogen and oxygen atoms in total. The molecule has 2 N–H and O–H groups in total. The van der Waals surface area contributed by atoms with E-state index in [4.69, 9.17) is 19.6 Å². The van der Waals surface area contributed by atoms with Crippen molar-refractivity contribution in [2.75, 3.05) is 19.5 Å². The minimum atomic E-state index is -0.594. The van der Waals surface area contributed by atoms with Crippen LogP contribution in [0.3, 0.4) is 0 Å². The molecule has 0 aliphatic carbocycles. The summed E-state index contributed by atoms with van der Waals surface area (Å²) in [6, 6.07) is 7.05. The maximum absolute atomic E-state index is 11.6. The normalized spacial score (nSPS) is 10.2. The lowest BCUT2D eigenvalue weighted by atomic mass is 10.2. The second kappa shape index (κ2) is 5.43. The predicted octanol–water partition coefficient (Wildman–Crippen LogP) is 2.11. The van der Waals surface area contributed by atoms with E-state index in [0.29, 0.717) is 11.3 Å². The van der Waals surface area contributed by atoms with E-state index in [0.717, 1.165) is 0 Å². The molecular weight excluding hydrogens is 248 g/mol. The molecule has 1 aromatic carbocycles. The number of benzene rings is 1. The number of methoxy groups -OCH3 is 1. The van der Waals surface area contributed by atoms with E-state index in [1.54, 1.807) is 38.3 Å². The number of esters is 1. The number of ether oxygens (including phenoxy) is 2. The van der Waals surface area contributed by atoms with Crippen molar-refractivity contribution in [3.05, 3.63) is 30.0 Å². The molecule has 1 aromatic heterocycles. The van der Waals surface area contributed by atoms with Crippen molar-refractivity contribution in [2.45, 2.75) is 6.92 Å². The Kier molecular flexibility index (Phi) is 3.70. The monoisotopic (exact) mass is 262 g/mol. The molecule has 0 saturated heterocycles. The zero-order valence-corrected chi connectivity index (χ0v) is 10.7. The summed E-state index contributed by atoms with van der Waals surface area (Å²) in [5, 5.41) is 0. The minimum absolute atomic E-state index is 0.00679. The molecule has 0 atom stereocenters. The van der Waals surface area contributed by atoms with Crippen LogP contribution in [-0.4, -0.2) is 24.7 Å². The molecule has 0 radical (unpaired) electrons. The third-order valence-corrected chi connectivity index (χ3v) is 2.46. The van der Waals surface area contributed by atoms with Crippen molar-refractivity contribution in [3.8, 4) is 17.2 Å².